The van der Waals surface area contributed by atoms with E-state index in [1.54, 1.807) is 36.4 Å². The molecule has 0 bridgehead atoms. The fourth-order valence-electron chi connectivity index (χ4n) is 3.49. The SMILES string of the molecule is CCOc1ccc(C(=O)NCCNC(=O)c2ccc(OC3CCCCC3)cc2)cc1. The van der Waals surface area contributed by atoms with E-state index < -0.39 is 0 Å². The first-order chi connectivity index (χ1) is 14.7. The molecule has 0 unspecified atom stereocenters. The molecule has 0 atom stereocenters. The number of hydrogen-bond donors (Lipinski definition) is 2. The van der Waals surface area contributed by atoms with Crippen molar-refractivity contribution in [3.8, 4) is 11.5 Å². The van der Waals surface area contributed by atoms with Gasteiger partial charge in [0, 0.05) is 24.2 Å². The van der Waals surface area contributed by atoms with Crippen molar-refractivity contribution in [1.29, 1.82) is 0 Å². The van der Waals surface area contributed by atoms with Crippen LogP contribution >= 0.6 is 0 Å². The van der Waals surface area contributed by atoms with Crippen LogP contribution in [0.3, 0.4) is 0 Å². The maximum absolute atomic E-state index is 12.3. The van der Waals surface area contributed by atoms with Gasteiger partial charge in [0.2, 0.25) is 0 Å². The summed E-state index contributed by atoms with van der Waals surface area (Å²) in [6.07, 6.45) is 6.23. The van der Waals surface area contributed by atoms with Crippen molar-refractivity contribution < 1.29 is 19.1 Å². The van der Waals surface area contributed by atoms with Crippen LogP contribution in [0.15, 0.2) is 48.5 Å². The molecule has 3 rings (SSSR count). The highest BCUT2D eigenvalue weighted by molar-refractivity contribution is 5.95. The summed E-state index contributed by atoms with van der Waals surface area (Å²) < 4.78 is 11.4. The predicted octanol–water partition coefficient (Wildman–Crippen LogP) is 3.96. The van der Waals surface area contributed by atoms with Crippen molar-refractivity contribution in [2.24, 2.45) is 0 Å². The molecular formula is C24H30N2O4. The molecule has 160 valence electrons. The lowest BCUT2D eigenvalue weighted by Crippen LogP contribution is -2.34. The quantitative estimate of drug-likeness (QED) is 0.614. The first-order valence-electron chi connectivity index (χ1n) is 10.7. The van der Waals surface area contributed by atoms with Crippen molar-refractivity contribution in [2.75, 3.05) is 19.7 Å². The van der Waals surface area contributed by atoms with E-state index >= 15 is 0 Å². The predicted molar refractivity (Wildman–Crippen MR) is 116 cm³/mol. The molecule has 2 amide bonds. The fraction of sp³-hybridized carbons (Fsp3) is 0.417. The second kappa shape index (κ2) is 11.2. The molecule has 1 aliphatic rings. The molecule has 0 aromatic heterocycles. The van der Waals surface area contributed by atoms with Crippen LogP contribution in [0.1, 0.15) is 59.7 Å². The Kier molecular flexibility index (Phi) is 8.12. The van der Waals surface area contributed by atoms with Crippen molar-refractivity contribution in [1.82, 2.24) is 10.6 Å². The number of ether oxygens (including phenoxy) is 2. The Morgan fingerprint density at radius 2 is 1.30 bits per heavy atom. The van der Waals surface area contributed by atoms with Crippen LogP contribution in [-0.2, 0) is 0 Å². The monoisotopic (exact) mass is 410 g/mol. The van der Waals surface area contributed by atoms with Crippen molar-refractivity contribution in [3.05, 3.63) is 59.7 Å². The van der Waals surface area contributed by atoms with Gasteiger partial charge in [-0.3, -0.25) is 9.59 Å². The van der Waals surface area contributed by atoms with Gasteiger partial charge in [-0.15, -0.1) is 0 Å². The van der Waals surface area contributed by atoms with E-state index in [-0.39, 0.29) is 17.9 Å². The second-order valence-electron chi connectivity index (χ2n) is 7.37. The van der Waals surface area contributed by atoms with Gasteiger partial charge in [0.15, 0.2) is 0 Å². The summed E-state index contributed by atoms with van der Waals surface area (Å²) in [4.78, 5) is 24.4. The van der Waals surface area contributed by atoms with Crippen molar-refractivity contribution >= 4 is 11.8 Å². The Hall–Kier alpha value is -3.02. The smallest absolute Gasteiger partial charge is 0.251 e. The standard InChI is InChI=1S/C24H30N2O4/c1-2-29-20-12-8-18(9-13-20)23(27)25-16-17-26-24(28)19-10-14-22(15-11-19)30-21-6-4-3-5-7-21/h8-15,21H,2-7,16-17H2,1H3,(H,25,27)(H,26,28). The van der Waals surface area contributed by atoms with Crippen LogP contribution in [0.4, 0.5) is 0 Å². The van der Waals surface area contributed by atoms with E-state index in [9.17, 15) is 9.59 Å². The van der Waals surface area contributed by atoms with Crippen LogP contribution in [0.25, 0.3) is 0 Å². The highest BCUT2D eigenvalue weighted by atomic mass is 16.5. The third-order valence-corrected chi connectivity index (χ3v) is 5.10. The van der Waals surface area contributed by atoms with Gasteiger partial charge >= 0.3 is 0 Å². The number of amides is 2. The van der Waals surface area contributed by atoms with E-state index in [0.717, 1.165) is 24.3 Å². The summed E-state index contributed by atoms with van der Waals surface area (Å²) in [5, 5.41) is 5.62. The number of nitrogens with one attached hydrogen (secondary N) is 2. The summed E-state index contributed by atoms with van der Waals surface area (Å²) in [6, 6.07) is 14.2. The van der Waals surface area contributed by atoms with Gasteiger partial charge in [-0.25, -0.2) is 0 Å². The van der Waals surface area contributed by atoms with Crippen LogP contribution in [0.5, 0.6) is 11.5 Å². The zero-order valence-corrected chi connectivity index (χ0v) is 17.5. The summed E-state index contributed by atoms with van der Waals surface area (Å²) in [7, 11) is 0. The summed E-state index contributed by atoms with van der Waals surface area (Å²) in [6.45, 7) is 3.19. The minimum absolute atomic E-state index is 0.172. The van der Waals surface area contributed by atoms with E-state index in [1.807, 2.05) is 19.1 Å². The lowest BCUT2D eigenvalue weighted by Gasteiger charge is -2.23. The number of rotatable bonds is 9. The third-order valence-electron chi connectivity index (χ3n) is 5.10. The van der Waals surface area contributed by atoms with Gasteiger partial charge in [-0.1, -0.05) is 6.42 Å². The molecule has 2 aromatic carbocycles. The first-order valence-corrected chi connectivity index (χ1v) is 10.7. The van der Waals surface area contributed by atoms with E-state index in [1.165, 1.54) is 19.3 Å². The molecule has 1 fully saturated rings. The largest absolute Gasteiger partial charge is 0.494 e. The summed E-state index contributed by atoms with van der Waals surface area (Å²) in [5.74, 6) is 1.18. The molecule has 30 heavy (non-hydrogen) atoms. The molecule has 6 heteroatoms. The number of carbonyl (C=O) groups excluding carboxylic acids is 2. The molecule has 2 N–H and O–H groups in total. The topological polar surface area (TPSA) is 76.7 Å². The Balaban J connectivity index is 1.38. The zero-order chi connectivity index (χ0) is 21.2. The molecule has 1 aliphatic carbocycles. The molecule has 0 spiro atoms. The average Bonchev–Trinajstić information content (AvgIpc) is 2.78. The molecule has 0 saturated heterocycles. The van der Waals surface area contributed by atoms with Crippen LogP contribution in [0, 0.1) is 0 Å². The van der Waals surface area contributed by atoms with Crippen LogP contribution in [-0.4, -0.2) is 37.6 Å². The molecule has 0 heterocycles. The Labute approximate surface area is 178 Å². The summed E-state index contributed by atoms with van der Waals surface area (Å²) in [5.41, 5.74) is 1.13. The minimum Gasteiger partial charge on any atom is -0.494 e. The molecular weight excluding hydrogens is 380 g/mol. The second-order valence-corrected chi connectivity index (χ2v) is 7.37. The van der Waals surface area contributed by atoms with E-state index in [0.29, 0.717) is 30.8 Å². The first kappa shape index (κ1) is 21.7. The molecule has 1 saturated carbocycles. The summed E-state index contributed by atoms with van der Waals surface area (Å²) >= 11 is 0. The normalized spacial score (nSPS) is 14.0. The van der Waals surface area contributed by atoms with Gasteiger partial charge in [-0.2, -0.15) is 0 Å². The lowest BCUT2D eigenvalue weighted by atomic mass is 9.98. The minimum atomic E-state index is -0.184. The maximum atomic E-state index is 12.3. The van der Waals surface area contributed by atoms with Gasteiger partial charge in [0.1, 0.15) is 11.5 Å². The zero-order valence-electron chi connectivity index (χ0n) is 17.5. The van der Waals surface area contributed by atoms with E-state index in [4.69, 9.17) is 9.47 Å². The lowest BCUT2D eigenvalue weighted by molar-refractivity contribution is 0.0927. The van der Waals surface area contributed by atoms with Gasteiger partial charge in [0.25, 0.3) is 11.8 Å². The molecule has 0 aliphatic heterocycles. The van der Waals surface area contributed by atoms with Gasteiger partial charge in [0.05, 0.1) is 12.7 Å². The van der Waals surface area contributed by atoms with Gasteiger partial charge in [-0.05, 0) is 81.1 Å². The highest BCUT2D eigenvalue weighted by Gasteiger charge is 2.15. The Bertz CT molecular complexity index is 812. The Morgan fingerprint density at radius 3 is 1.80 bits per heavy atom. The van der Waals surface area contributed by atoms with Crippen LogP contribution in [0.2, 0.25) is 0 Å². The third kappa shape index (κ3) is 6.51. The number of carbonyl (C=O) groups is 2. The van der Waals surface area contributed by atoms with Crippen molar-refractivity contribution in [2.45, 2.75) is 45.1 Å². The highest BCUT2D eigenvalue weighted by Crippen LogP contribution is 2.23. The Morgan fingerprint density at radius 1 is 0.800 bits per heavy atom. The number of benzene rings is 2. The van der Waals surface area contributed by atoms with Crippen molar-refractivity contribution in [3.63, 3.8) is 0 Å². The average molecular weight is 411 g/mol. The van der Waals surface area contributed by atoms with Gasteiger partial charge < -0.3 is 20.1 Å². The van der Waals surface area contributed by atoms with E-state index in [2.05, 4.69) is 10.6 Å². The fourth-order valence-corrected chi connectivity index (χ4v) is 3.49. The van der Waals surface area contributed by atoms with Crippen LogP contribution < -0.4 is 20.1 Å². The maximum Gasteiger partial charge on any atom is 0.251 e. The molecule has 2 aromatic rings. The molecule has 0 radical (unpaired) electrons. The molecule has 6 nitrogen and oxygen atoms in total. The number of hydrogen-bond acceptors (Lipinski definition) is 4.